The van der Waals surface area contributed by atoms with Gasteiger partial charge in [-0.25, -0.2) is 9.37 Å². The minimum absolute atomic E-state index is 0.0510. The van der Waals surface area contributed by atoms with E-state index < -0.39 is 11.4 Å². The van der Waals surface area contributed by atoms with Gasteiger partial charge in [0.1, 0.15) is 11.3 Å². The summed E-state index contributed by atoms with van der Waals surface area (Å²) >= 11 is 0. The molecule has 4 nitrogen and oxygen atoms in total. The van der Waals surface area contributed by atoms with Crippen molar-refractivity contribution in [2.45, 2.75) is 40.7 Å². The predicted octanol–water partition coefficient (Wildman–Crippen LogP) is 3.48. The van der Waals surface area contributed by atoms with Crippen molar-refractivity contribution >= 4 is 17.0 Å². The first kappa shape index (κ1) is 15.5. The Balaban J connectivity index is 2.56. The van der Waals surface area contributed by atoms with Crippen LogP contribution in [0.2, 0.25) is 0 Å². The average molecular weight is 292 g/mol. The molecule has 114 valence electrons. The maximum atomic E-state index is 13.9. The number of fused-ring (bicyclic) bond motifs is 1. The minimum atomic E-state index is -0.926. The highest BCUT2D eigenvalue weighted by atomic mass is 19.1. The molecule has 1 N–H and O–H groups in total. The summed E-state index contributed by atoms with van der Waals surface area (Å²) in [5.74, 6) is -0.656. The van der Waals surface area contributed by atoms with Crippen LogP contribution in [0.3, 0.4) is 0 Å². The molecule has 0 saturated carbocycles. The summed E-state index contributed by atoms with van der Waals surface area (Å²) in [6, 6.07) is 4.83. The van der Waals surface area contributed by atoms with Gasteiger partial charge in [0.25, 0.3) is 0 Å². The molecule has 0 aliphatic carbocycles. The zero-order valence-corrected chi connectivity index (χ0v) is 12.9. The zero-order valence-electron chi connectivity index (χ0n) is 12.9. The van der Waals surface area contributed by atoms with E-state index in [2.05, 4.69) is 4.98 Å². The van der Waals surface area contributed by atoms with Gasteiger partial charge in [0.05, 0.1) is 10.9 Å². The zero-order chi connectivity index (χ0) is 15.8. The summed E-state index contributed by atoms with van der Waals surface area (Å²) in [4.78, 5) is 16.0. The Labute approximate surface area is 123 Å². The van der Waals surface area contributed by atoms with Gasteiger partial charge in [0.15, 0.2) is 5.82 Å². The first-order chi connectivity index (χ1) is 9.81. The second kappa shape index (κ2) is 5.47. The number of aliphatic carboxylic acids is 1. The van der Waals surface area contributed by atoms with Crippen molar-refractivity contribution in [2.75, 3.05) is 0 Å². The van der Waals surface area contributed by atoms with Gasteiger partial charge in [0, 0.05) is 13.0 Å². The van der Waals surface area contributed by atoms with Gasteiger partial charge in [-0.15, -0.1) is 0 Å². The van der Waals surface area contributed by atoms with E-state index in [4.69, 9.17) is 0 Å². The molecule has 1 atom stereocenters. The van der Waals surface area contributed by atoms with E-state index in [1.807, 2.05) is 31.4 Å². The maximum Gasteiger partial charge on any atom is 0.310 e. The van der Waals surface area contributed by atoms with Gasteiger partial charge in [-0.2, -0.15) is 0 Å². The number of halogens is 1. The van der Waals surface area contributed by atoms with Crippen molar-refractivity contribution in [1.29, 1.82) is 0 Å². The van der Waals surface area contributed by atoms with Gasteiger partial charge in [-0.1, -0.05) is 19.9 Å². The largest absolute Gasteiger partial charge is 0.481 e. The van der Waals surface area contributed by atoms with Crippen LogP contribution >= 0.6 is 0 Å². The second-order valence-corrected chi connectivity index (χ2v) is 5.93. The van der Waals surface area contributed by atoms with Crippen LogP contribution in [0.15, 0.2) is 18.2 Å². The molecular formula is C16H21FN2O2. The fraction of sp³-hybridized carbons (Fsp3) is 0.500. The van der Waals surface area contributed by atoms with Crippen LogP contribution < -0.4 is 0 Å². The maximum absolute atomic E-state index is 13.9. The first-order valence-electron chi connectivity index (χ1n) is 7.18. The third-order valence-electron chi connectivity index (χ3n) is 4.41. The molecule has 2 aromatic rings. The minimum Gasteiger partial charge on any atom is -0.481 e. The second-order valence-electron chi connectivity index (χ2n) is 5.93. The molecule has 21 heavy (non-hydrogen) atoms. The van der Waals surface area contributed by atoms with E-state index >= 15 is 0 Å². The monoisotopic (exact) mass is 292 g/mol. The Morgan fingerprint density at radius 3 is 2.67 bits per heavy atom. The Morgan fingerprint density at radius 2 is 2.14 bits per heavy atom. The Bertz CT molecular complexity index is 678. The summed E-state index contributed by atoms with van der Waals surface area (Å²) in [7, 11) is 0. The molecule has 0 aliphatic rings. The number of aryl methyl sites for hydroxylation is 1. The van der Waals surface area contributed by atoms with Crippen molar-refractivity contribution in [1.82, 2.24) is 9.55 Å². The summed E-state index contributed by atoms with van der Waals surface area (Å²) in [6.07, 6.45) is 0.280. The molecule has 0 fully saturated rings. The average Bonchev–Trinajstić information content (AvgIpc) is 2.76. The topological polar surface area (TPSA) is 55.1 Å². The number of carboxylic acid groups (broad SMARTS) is 1. The number of hydrogen-bond donors (Lipinski definition) is 1. The molecule has 1 unspecified atom stereocenters. The molecule has 1 heterocycles. The fourth-order valence-electron chi connectivity index (χ4n) is 2.50. The highest BCUT2D eigenvalue weighted by Gasteiger charge is 2.38. The first-order valence-corrected chi connectivity index (χ1v) is 7.18. The van der Waals surface area contributed by atoms with Gasteiger partial charge >= 0.3 is 5.97 Å². The van der Waals surface area contributed by atoms with Gasteiger partial charge < -0.3 is 9.67 Å². The van der Waals surface area contributed by atoms with Crippen molar-refractivity contribution in [2.24, 2.45) is 11.3 Å². The van der Waals surface area contributed by atoms with E-state index in [9.17, 15) is 14.3 Å². The quantitative estimate of drug-likeness (QED) is 0.917. The van der Waals surface area contributed by atoms with E-state index in [0.29, 0.717) is 23.4 Å². The number of rotatable bonds is 5. The number of imidazole rings is 1. The summed E-state index contributed by atoms with van der Waals surface area (Å²) < 4.78 is 15.8. The third-order valence-corrected chi connectivity index (χ3v) is 4.41. The van der Waals surface area contributed by atoms with Crippen LogP contribution in [0.5, 0.6) is 0 Å². The lowest BCUT2D eigenvalue weighted by molar-refractivity contribution is -0.150. The van der Waals surface area contributed by atoms with Crippen molar-refractivity contribution < 1.29 is 14.3 Å². The number of aromatic nitrogens is 2. The molecule has 1 aromatic heterocycles. The number of para-hydroxylation sites is 1. The predicted molar refractivity (Wildman–Crippen MR) is 79.6 cm³/mol. The van der Waals surface area contributed by atoms with E-state index in [1.54, 1.807) is 13.0 Å². The number of benzene rings is 1. The summed E-state index contributed by atoms with van der Waals surface area (Å²) in [5, 5.41) is 9.55. The number of carboxylic acids is 1. The van der Waals surface area contributed by atoms with Crippen LogP contribution in [0, 0.1) is 17.2 Å². The van der Waals surface area contributed by atoms with Gasteiger partial charge in [0.2, 0.25) is 0 Å². The Kier molecular flexibility index (Phi) is 4.03. The number of hydrogen-bond acceptors (Lipinski definition) is 2. The van der Waals surface area contributed by atoms with Crippen LogP contribution in [-0.2, 0) is 17.8 Å². The van der Waals surface area contributed by atoms with E-state index in [-0.39, 0.29) is 18.2 Å². The molecule has 0 aliphatic heterocycles. The van der Waals surface area contributed by atoms with E-state index in [0.717, 1.165) is 0 Å². The van der Waals surface area contributed by atoms with Crippen molar-refractivity contribution in [3.63, 3.8) is 0 Å². The molecule has 0 spiro atoms. The molecule has 5 heteroatoms. The molecule has 0 bridgehead atoms. The lowest BCUT2D eigenvalue weighted by Crippen LogP contribution is -2.36. The van der Waals surface area contributed by atoms with Crippen LogP contribution in [0.1, 0.15) is 33.5 Å². The van der Waals surface area contributed by atoms with Crippen molar-refractivity contribution in [3.8, 4) is 0 Å². The van der Waals surface area contributed by atoms with Crippen molar-refractivity contribution in [3.05, 3.63) is 29.8 Å². The molecule has 0 saturated heterocycles. The van der Waals surface area contributed by atoms with Crippen LogP contribution in [0.4, 0.5) is 4.39 Å². The highest BCUT2D eigenvalue weighted by molar-refractivity contribution is 5.78. The van der Waals surface area contributed by atoms with Gasteiger partial charge in [-0.3, -0.25) is 4.79 Å². The molecule has 1 aromatic carbocycles. The molecule has 2 rings (SSSR count). The molecular weight excluding hydrogens is 271 g/mol. The van der Waals surface area contributed by atoms with E-state index in [1.165, 1.54) is 6.07 Å². The standard InChI is InChI=1S/C16H21FN2O2/c1-5-19-12-8-6-7-11(17)14(12)18-13(19)9-16(4,10(2)3)15(20)21/h6-8,10H,5,9H2,1-4H3,(H,20,21). The SMILES string of the molecule is CCn1c(CC(C)(C(=O)O)C(C)C)nc2c(F)cccc21. The number of nitrogens with zero attached hydrogens (tertiary/aromatic N) is 2. The smallest absolute Gasteiger partial charge is 0.310 e. The normalized spacial score (nSPS) is 14.6. The number of carbonyl (C=O) groups is 1. The molecule has 0 radical (unpaired) electrons. The van der Waals surface area contributed by atoms with Crippen LogP contribution in [-0.4, -0.2) is 20.6 Å². The summed E-state index contributed by atoms with van der Waals surface area (Å²) in [6.45, 7) is 8.06. The summed E-state index contributed by atoms with van der Waals surface area (Å²) in [5.41, 5.74) is 0.0972. The Hall–Kier alpha value is -1.91. The fourth-order valence-corrected chi connectivity index (χ4v) is 2.50. The van der Waals surface area contributed by atoms with Crippen LogP contribution in [0.25, 0.3) is 11.0 Å². The lowest BCUT2D eigenvalue weighted by atomic mass is 9.76. The highest BCUT2D eigenvalue weighted by Crippen LogP contribution is 2.33. The lowest BCUT2D eigenvalue weighted by Gasteiger charge is -2.28. The third kappa shape index (κ3) is 2.52. The molecule has 0 amide bonds. The van der Waals surface area contributed by atoms with Gasteiger partial charge in [-0.05, 0) is 31.9 Å². The Morgan fingerprint density at radius 1 is 1.48 bits per heavy atom.